The van der Waals surface area contributed by atoms with Gasteiger partial charge in [-0.2, -0.15) is 0 Å². The zero-order chi connectivity index (χ0) is 9.84. The first kappa shape index (κ1) is 9.99. The first-order chi connectivity index (χ1) is 6.13. The molecule has 0 fully saturated rings. The van der Waals surface area contributed by atoms with Crippen LogP contribution in [0.15, 0.2) is 23.8 Å². The number of hydrogen-bond acceptors (Lipinski definition) is 3. The van der Waals surface area contributed by atoms with Gasteiger partial charge in [0.05, 0.1) is 6.10 Å². The maximum Gasteiger partial charge on any atom is 0.303 e. The van der Waals surface area contributed by atoms with E-state index in [2.05, 4.69) is 0 Å². The van der Waals surface area contributed by atoms with Crippen LogP contribution >= 0.6 is 0 Å². The summed E-state index contributed by atoms with van der Waals surface area (Å²) in [6, 6.07) is 0. The second-order valence-electron chi connectivity index (χ2n) is 3.03. The molecule has 2 unspecified atom stereocenters. The standard InChI is InChI=1S/C10H14O3/c1-7-6-9(12-3)4-5-10(7)13-8(2)11/h4-6,9-10H,1-3H3. The number of rotatable bonds is 2. The van der Waals surface area contributed by atoms with Crippen molar-refractivity contribution in [3.05, 3.63) is 23.8 Å². The Morgan fingerprint density at radius 3 is 2.62 bits per heavy atom. The molecule has 1 aliphatic carbocycles. The lowest BCUT2D eigenvalue weighted by Gasteiger charge is -2.20. The third kappa shape index (κ3) is 2.70. The molecule has 0 aromatic rings. The first-order valence-corrected chi connectivity index (χ1v) is 4.20. The molecule has 0 amide bonds. The van der Waals surface area contributed by atoms with E-state index < -0.39 is 0 Å². The summed E-state index contributed by atoms with van der Waals surface area (Å²) in [6.45, 7) is 3.33. The maximum atomic E-state index is 10.7. The van der Waals surface area contributed by atoms with Crippen LogP contribution in [0.3, 0.4) is 0 Å². The molecule has 3 nitrogen and oxygen atoms in total. The van der Waals surface area contributed by atoms with Crippen LogP contribution in [0, 0.1) is 0 Å². The molecule has 0 aromatic heterocycles. The molecule has 2 atom stereocenters. The normalized spacial score (nSPS) is 26.8. The third-order valence-corrected chi connectivity index (χ3v) is 1.92. The van der Waals surface area contributed by atoms with Crippen LogP contribution in [0.5, 0.6) is 0 Å². The predicted octanol–water partition coefficient (Wildman–Crippen LogP) is 1.45. The topological polar surface area (TPSA) is 35.5 Å². The Labute approximate surface area is 78.0 Å². The van der Waals surface area contributed by atoms with E-state index in [1.807, 2.05) is 25.2 Å². The van der Waals surface area contributed by atoms with Gasteiger partial charge in [0.25, 0.3) is 0 Å². The fraction of sp³-hybridized carbons (Fsp3) is 0.500. The van der Waals surface area contributed by atoms with Gasteiger partial charge in [-0.25, -0.2) is 0 Å². The molecule has 0 aliphatic heterocycles. The Bertz CT molecular complexity index is 253. The summed E-state index contributed by atoms with van der Waals surface area (Å²) in [6.07, 6.45) is 5.44. The largest absolute Gasteiger partial charge is 0.454 e. The maximum absolute atomic E-state index is 10.7. The fourth-order valence-corrected chi connectivity index (χ4v) is 1.23. The van der Waals surface area contributed by atoms with Gasteiger partial charge in [0.2, 0.25) is 0 Å². The summed E-state index contributed by atoms with van der Waals surface area (Å²) >= 11 is 0. The Hall–Kier alpha value is -1.09. The van der Waals surface area contributed by atoms with Gasteiger partial charge >= 0.3 is 5.97 Å². The molecule has 0 spiro atoms. The molecule has 0 radical (unpaired) electrons. The summed E-state index contributed by atoms with van der Waals surface area (Å²) in [7, 11) is 1.64. The minimum Gasteiger partial charge on any atom is -0.454 e. The summed E-state index contributed by atoms with van der Waals surface area (Å²) in [5.74, 6) is -0.265. The number of carbonyl (C=O) groups excluding carboxylic acids is 1. The highest BCUT2D eigenvalue weighted by Crippen LogP contribution is 2.16. The van der Waals surface area contributed by atoms with Crippen molar-refractivity contribution in [2.45, 2.75) is 26.1 Å². The Morgan fingerprint density at radius 1 is 1.46 bits per heavy atom. The molecule has 72 valence electrons. The average molecular weight is 182 g/mol. The van der Waals surface area contributed by atoms with Crippen LogP contribution in [-0.4, -0.2) is 25.3 Å². The number of hydrogen-bond donors (Lipinski definition) is 0. The van der Waals surface area contributed by atoms with Gasteiger partial charge < -0.3 is 9.47 Å². The SMILES string of the molecule is COC1C=CC(OC(C)=O)C(C)=C1. The molecule has 3 heteroatoms. The molecule has 1 aliphatic rings. The number of ether oxygens (including phenoxy) is 2. The molecule has 0 bridgehead atoms. The summed E-state index contributed by atoms with van der Waals surface area (Å²) < 4.78 is 10.2. The number of esters is 1. The predicted molar refractivity (Wildman–Crippen MR) is 49.2 cm³/mol. The van der Waals surface area contributed by atoms with E-state index in [1.165, 1.54) is 6.92 Å². The van der Waals surface area contributed by atoms with Gasteiger partial charge in [0, 0.05) is 14.0 Å². The van der Waals surface area contributed by atoms with Gasteiger partial charge in [-0.05, 0) is 24.6 Å². The lowest BCUT2D eigenvalue weighted by atomic mass is 10.0. The van der Waals surface area contributed by atoms with Gasteiger partial charge in [0.15, 0.2) is 0 Å². The van der Waals surface area contributed by atoms with E-state index in [0.29, 0.717) is 0 Å². The van der Waals surface area contributed by atoms with Crippen molar-refractivity contribution in [2.75, 3.05) is 7.11 Å². The molecule has 0 saturated carbocycles. The first-order valence-electron chi connectivity index (χ1n) is 4.20. The molecule has 0 heterocycles. The van der Waals surface area contributed by atoms with Gasteiger partial charge in [-0.3, -0.25) is 4.79 Å². The van der Waals surface area contributed by atoms with E-state index >= 15 is 0 Å². The van der Waals surface area contributed by atoms with Gasteiger partial charge in [-0.15, -0.1) is 0 Å². The van der Waals surface area contributed by atoms with Crippen molar-refractivity contribution >= 4 is 5.97 Å². The molecule has 1 rings (SSSR count). The molecule has 0 aromatic carbocycles. The van der Waals surface area contributed by atoms with E-state index in [-0.39, 0.29) is 18.2 Å². The Balaban J connectivity index is 2.62. The highest BCUT2D eigenvalue weighted by atomic mass is 16.5. The van der Waals surface area contributed by atoms with E-state index in [4.69, 9.17) is 9.47 Å². The highest BCUT2D eigenvalue weighted by molar-refractivity contribution is 5.66. The molecule has 0 saturated heterocycles. The Kier molecular flexibility index (Phi) is 3.25. The second kappa shape index (κ2) is 4.23. The van der Waals surface area contributed by atoms with Crippen molar-refractivity contribution in [2.24, 2.45) is 0 Å². The van der Waals surface area contributed by atoms with Gasteiger partial charge in [-0.1, -0.05) is 6.08 Å². The van der Waals surface area contributed by atoms with Crippen molar-refractivity contribution in [1.29, 1.82) is 0 Å². The smallest absolute Gasteiger partial charge is 0.303 e. The molecular formula is C10H14O3. The fourth-order valence-electron chi connectivity index (χ4n) is 1.23. The van der Waals surface area contributed by atoms with Crippen LogP contribution in [0.4, 0.5) is 0 Å². The zero-order valence-electron chi connectivity index (χ0n) is 8.11. The molecular weight excluding hydrogens is 168 g/mol. The minimum atomic E-state index is -0.265. The summed E-state index contributed by atoms with van der Waals surface area (Å²) in [5.41, 5.74) is 1.00. The Morgan fingerprint density at radius 2 is 2.15 bits per heavy atom. The van der Waals surface area contributed by atoms with E-state index in [9.17, 15) is 4.79 Å². The second-order valence-corrected chi connectivity index (χ2v) is 3.03. The van der Waals surface area contributed by atoms with Crippen LogP contribution in [0.1, 0.15) is 13.8 Å². The minimum absolute atomic E-state index is 0.00630. The van der Waals surface area contributed by atoms with Crippen molar-refractivity contribution < 1.29 is 14.3 Å². The lowest BCUT2D eigenvalue weighted by molar-refractivity contribution is -0.142. The van der Waals surface area contributed by atoms with Crippen molar-refractivity contribution in [1.82, 2.24) is 0 Å². The lowest BCUT2D eigenvalue weighted by Crippen LogP contribution is -2.21. The number of carbonyl (C=O) groups is 1. The number of methoxy groups -OCH3 is 1. The monoisotopic (exact) mass is 182 g/mol. The van der Waals surface area contributed by atoms with Crippen LogP contribution in [0.2, 0.25) is 0 Å². The summed E-state index contributed by atoms with van der Waals surface area (Å²) in [4.78, 5) is 10.7. The van der Waals surface area contributed by atoms with Crippen LogP contribution < -0.4 is 0 Å². The highest BCUT2D eigenvalue weighted by Gasteiger charge is 2.16. The summed E-state index contributed by atoms with van der Waals surface area (Å²) in [5, 5.41) is 0. The third-order valence-electron chi connectivity index (χ3n) is 1.92. The zero-order valence-corrected chi connectivity index (χ0v) is 8.11. The van der Waals surface area contributed by atoms with Crippen molar-refractivity contribution in [3.8, 4) is 0 Å². The quantitative estimate of drug-likeness (QED) is 0.479. The molecule has 0 N–H and O–H groups in total. The molecule has 13 heavy (non-hydrogen) atoms. The van der Waals surface area contributed by atoms with E-state index in [0.717, 1.165) is 5.57 Å². The van der Waals surface area contributed by atoms with Gasteiger partial charge in [0.1, 0.15) is 6.10 Å². The van der Waals surface area contributed by atoms with Crippen molar-refractivity contribution in [3.63, 3.8) is 0 Å². The van der Waals surface area contributed by atoms with Crippen LogP contribution in [-0.2, 0) is 14.3 Å². The average Bonchev–Trinajstić information content (AvgIpc) is 2.08. The van der Waals surface area contributed by atoms with E-state index in [1.54, 1.807) is 7.11 Å². The van der Waals surface area contributed by atoms with Crippen LogP contribution in [0.25, 0.3) is 0 Å².